The van der Waals surface area contributed by atoms with Crippen molar-refractivity contribution in [2.24, 2.45) is 0 Å². The van der Waals surface area contributed by atoms with E-state index in [4.69, 9.17) is 9.47 Å². The number of nitrogens with zero attached hydrogens (tertiary/aromatic N) is 3. The van der Waals surface area contributed by atoms with Crippen molar-refractivity contribution in [3.05, 3.63) is 95.8 Å². The number of aliphatic hydroxyl groups excluding tert-OH is 1. The molecule has 0 bridgehead atoms. The molecule has 0 amide bonds. The molecule has 0 aliphatic carbocycles. The highest BCUT2D eigenvalue weighted by Crippen LogP contribution is 2.29. The number of aromatic nitrogens is 1. The molecular formula is C27H33N3O3. The van der Waals surface area contributed by atoms with Crippen LogP contribution in [0.15, 0.2) is 79.0 Å². The second-order valence-electron chi connectivity index (χ2n) is 8.42. The summed E-state index contributed by atoms with van der Waals surface area (Å²) >= 11 is 0. The molecule has 0 saturated carbocycles. The summed E-state index contributed by atoms with van der Waals surface area (Å²) in [5, 5.41) is 10.5. The SMILES string of the molecule is COc1ccnc(COCC(O)CN2CCN(C(c3ccccc3)c3ccccc3)CC2)c1. The normalized spacial score (nSPS) is 16.1. The van der Waals surface area contributed by atoms with Crippen molar-refractivity contribution in [2.75, 3.05) is 46.4 Å². The van der Waals surface area contributed by atoms with Gasteiger partial charge in [-0.1, -0.05) is 60.7 Å². The highest BCUT2D eigenvalue weighted by Gasteiger charge is 2.27. The van der Waals surface area contributed by atoms with Gasteiger partial charge in [0.25, 0.3) is 0 Å². The fraction of sp³-hybridized carbons (Fsp3) is 0.370. The van der Waals surface area contributed by atoms with Gasteiger partial charge in [0.05, 0.1) is 38.2 Å². The first-order valence-corrected chi connectivity index (χ1v) is 11.5. The van der Waals surface area contributed by atoms with Crippen LogP contribution >= 0.6 is 0 Å². The molecule has 2 heterocycles. The van der Waals surface area contributed by atoms with Gasteiger partial charge in [-0.15, -0.1) is 0 Å². The molecule has 1 unspecified atom stereocenters. The molecule has 1 fully saturated rings. The van der Waals surface area contributed by atoms with Crippen LogP contribution in [0, 0.1) is 0 Å². The third-order valence-electron chi connectivity index (χ3n) is 6.06. The van der Waals surface area contributed by atoms with Crippen molar-refractivity contribution in [2.45, 2.75) is 18.8 Å². The summed E-state index contributed by atoms with van der Waals surface area (Å²) < 4.78 is 10.9. The smallest absolute Gasteiger partial charge is 0.122 e. The lowest BCUT2D eigenvalue weighted by atomic mass is 9.96. The Kier molecular flexibility index (Phi) is 8.44. The van der Waals surface area contributed by atoms with Crippen molar-refractivity contribution in [3.8, 4) is 5.75 Å². The molecule has 174 valence electrons. The van der Waals surface area contributed by atoms with E-state index in [0.717, 1.165) is 37.6 Å². The average Bonchev–Trinajstić information content (AvgIpc) is 2.87. The van der Waals surface area contributed by atoms with Gasteiger partial charge in [-0.3, -0.25) is 14.8 Å². The van der Waals surface area contributed by atoms with Crippen molar-refractivity contribution in [3.63, 3.8) is 0 Å². The third kappa shape index (κ3) is 6.62. The van der Waals surface area contributed by atoms with E-state index in [0.29, 0.717) is 13.2 Å². The Morgan fingerprint density at radius 3 is 2.15 bits per heavy atom. The summed E-state index contributed by atoms with van der Waals surface area (Å²) in [5.74, 6) is 0.756. The summed E-state index contributed by atoms with van der Waals surface area (Å²) in [5.41, 5.74) is 3.43. The van der Waals surface area contributed by atoms with Gasteiger partial charge in [0.1, 0.15) is 5.75 Å². The van der Waals surface area contributed by atoms with Crippen LogP contribution in [0.1, 0.15) is 22.9 Å². The van der Waals surface area contributed by atoms with Crippen LogP contribution in [0.5, 0.6) is 5.75 Å². The number of pyridine rings is 1. The molecule has 4 rings (SSSR count). The van der Waals surface area contributed by atoms with E-state index in [1.54, 1.807) is 19.4 Å². The van der Waals surface area contributed by atoms with E-state index in [1.165, 1.54) is 11.1 Å². The minimum Gasteiger partial charge on any atom is -0.497 e. The number of benzene rings is 2. The van der Waals surface area contributed by atoms with Gasteiger partial charge in [0.2, 0.25) is 0 Å². The second kappa shape index (κ2) is 11.9. The molecule has 1 N–H and O–H groups in total. The fourth-order valence-electron chi connectivity index (χ4n) is 4.40. The van der Waals surface area contributed by atoms with Crippen LogP contribution < -0.4 is 4.74 Å². The number of piperazine rings is 1. The maximum atomic E-state index is 10.5. The van der Waals surface area contributed by atoms with Crippen LogP contribution in [-0.4, -0.2) is 72.4 Å². The molecule has 0 radical (unpaired) electrons. The first kappa shape index (κ1) is 23.4. The summed E-state index contributed by atoms with van der Waals surface area (Å²) in [6, 6.07) is 25.3. The molecule has 6 nitrogen and oxygen atoms in total. The molecule has 1 saturated heterocycles. The highest BCUT2D eigenvalue weighted by atomic mass is 16.5. The first-order valence-electron chi connectivity index (χ1n) is 11.5. The van der Waals surface area contributed by atoms with Crippen molar-refractivity contribution < 1.29 is 14.6 Å². The Balaban J connectivity index is 1.27. The predicted octanol–water partition coefficient (Wildman–Crippen LogP) is 3.37. The maximum Gasteiger partial charge on any atom is 0.122 e. The molecule has 6 heteroatoms. The van der Waals surface area contributed by atoms with Crippen molar-refractivity contribution in [1.82, 2.24) is 14.8 Å². The zero-order valence-corrected chi connectivity index (χ0v) is 19.2. The zero-order valence-electron chi connectivity index (χ0n) is 19.2. The highest BCUT2D eigenvalue weighted by molar-refractivity contribution is 5.32. The van der Waals surface area contributed by atoms with Crippen molar-refractivity contribution >= 4 is 0 Å². The van der Waals surface area contributed by atoms with Crippen LogP contribution in [-0.2, 0) is 11.3 Å². The van der Waals surface area contributed by atoms with Crippen LogP contribution in [0.4, 0.5) is 0 Å². The van der Waals surface area contributed by atoms with E-state index >= 15 is 0 Å². The Morgan fingerprint density at radius 2 is 1.55 bits per heavy atom. The first-order chi connectivity index (χ1) is 16.2. The Morgan fingerprint density at radius 1 is 0.909 bits per heavy atom. The summed E-state index contributed by atoms with van der Waals surface area (Å²) in [7, 11) is 1.63. The number of hydrogen-bond acceptors (Lipinski definition) is 6. The molecular weight excluding hydrogens is 414 g/mol. The van der Waals surface area contributed by atoms with E-state index in [1.807, 2.05) is 6.07 Å². The zero-order chi connectivity index (χ0) is 22.9. The van der Waals surface area contributed by atoms with Crippen molar-refractivity contribution in [1.29, 1.82) is 0 Å². The molecule has 33 heavy (non-hydrogen) atoms. The van der Waals surface area contributed by atoms with Gasteiger partial charge in [-0.05, 0) is 17.2 Å². The van der Waals surface area contributed by atoms with Gasteiger partial charge in [-0.2, -0.15) is 0 Å². The molecule has 0 spiro atoms. The number of methoxy groups -OCH3 is 1. The topological polar surface area (TPSA) is 58.1 Å². The van der Waals surface area contributed by atoms with Crippen LogP contribution in [0.3, 0.4) is 0 Å². The van der Waals surface area contributed by atoms with Gasteiger partial charge in [-0.25, -0.2) is 0 Å². The summed E-state index contributed by atoms with van der Waals surface area (Å²) in [6.07, 6.45) is 1.17. The summed E-state index contributed by atoms with van der Waals surface area (Å²) in [6.45, 7) is 5.01. The monoisotopic (exact) mass is 447 g/mol. The Labute approximate surface area is 196 Å². The largest absolute Gasteiger partial charge is 0.497 e. The Hall–Kier alpha value is -2.77. The third-order valence-corrected chi connectivity index (χ3v) is 6.06. The molecule has 1 aliphatic heterocycles. The van der Waals surface area contributed by atoms with Crippen LogP contribution in [0.25, 0.3) is 0 Å². The number of aliphatic hydroxyl groups is 1. The number of ether oxygens (including phenoxy) is 2. The van der Waals surface area contributed by atoms with Gasteiger partial charge in [0, 0.05) is 45.0 Å². The van der Waals surface area contributed by atoms with E-state index in [2.05, 4.69) is 75.4 Å². The van der Waals surface area contributed by atoms with Gasteiger partial charge < -0.3 is 14.6 Å². The predicted molar refractivity (Wildman–Crippen MR) is 129 cm³/mol. The van der Waals surface area contributed by atoms with Gasteiger partial charge in [0.15, 0.2) is 0 Å². The quantitative estimate of drug-likeness (QED) is 0.514. The number of β-amino-alcohol motifs (C(OH)–C–C–N with tert-alkyl or cyclic N) is 1. The summed E-state index contributed by atoms with van der Waals surface area (Å²) in [4.78, 5) is 9.13. The molecule has 3 aromatic rings. The fourth-order valence-corrected chi connectivity index (χ4v) is 4.40. The van der Waals surface area contributed by atoms with E-state index in [-0.39, 0.29) is 12.6 Å². The van der Waals surface area contributed by atoms with Crippen LogP contribution in [0.2, 0.25) is 0 Å². The number of rotatable bonds is 10. The molecule has 2 aromatic carbocycles. The Bertz CT molecular complexity index is 923. The van der Waals surface area contributed by atoms with E-state index < -0.39 is 6.10 Å². The molecule has 1 aliphatic rings. The standard InChI is InChI=1S/C27H33N3O3/c1-32-26-12-13-28-24(18-26)20-33-21-25(31)19-29-14-16-30(17-15-29)27(22-8-4-2-5-9-22)23-10-6-3-7-11-23/h2-13,18,25,27,31H,14-17,19-21H2,1H3. The maximum absolute atomic E-state index is 10.5. The van der Waals surface area contributed by atoms with Gasteiger partial charge >= 0.3 is 0 Å². The molecule has 1 aromatic heterocycles. The minimum absolute atomic E-state index is 0.248. The number of hydrogen-bond donors (Lipinski definition) is 1. The molecule has 1 atom stereocenters. The lowest BCUT2D eigenvalue weighted by Crippen LogP contribution is -2.50. The van der Waals surface area contributed by atoms with E-state index in [9.17, 15) is 5.11 Å². The average molecular weight is 448 g/mol. The lowest BCUT2D eigenvalue weighted by Gasteiger charge is -2.40. The second-order valence-corrected chi connectivity index (χ2v) is 8.42. The minimum atomic E-state index is -0.527. The lowest BCUT2D eigenvalue weighted by molar-refractivity contribution is -0.00148.